The number of ether oxygens (including phenoxy) is 3. The number of methoxy groups -OCH3 is 1. The maximum Gasteiger partial charge on any atom is 0.338 e. The molecule has 0 unspecified atom stereocenters. The summed E-state index contributed by atoms with van der Waals surface area (Å²) in [6.45, 7) is 2.27. The van der Waals surface area contributed by atoms with Gasteiger partial charge in [-0.15, -0.1) is 0 Å². The number of halogens is 3. The van der Waals surface area contributed by atoms with E-state index in [1.54, 1.807) is 18.6 Å². The first kappa shape index (κ1) is 33.4. The van der Waals surface area contributed by atoms with E-state index < -0.39 is 12.0 Å². The van der Waals surface area contributed by atoms with E-state index in [0.29, 0.717) is 38.0 Å². The van der Waals surface area contributed by atoms with Crippen LogP contribution in [0, 0.1) is 7.14 Å². The maximum absolute atomic E-state index is 14.3. The Morgan fingerprint density at radius 1 is 1.00 bits per heavy atom. The molecule has 0 aliphatic carbocycles. The van der Waals surface area contributed by atoms with Crippen molar-refractivity contribution in [2.75, 3.05) is 13.7 Å². The van der Waals surface area contributed by atoms with Gasteiger partial charge in [0.25, 0.3) is 5.56 Å². The normalized spacial score (nSPS) is 14.4. The molecule has 0 bridgehead atoms. The molecular weight excluding hydrogens is 862 g/mol. The molecule has 2 heterocycles. The standard InChI is InChI=1S/C36H27ClI2N2O5S/c1-3-45-35(43)30-31(22-9-5-4-6-10-22)40-36-41(32(30)23-13-15-25(44-2)16-14-23)34(42)29(47-36)19-21-17-27(38)33(28(39)18-21)46-20-24-11-7-8-12-26(24)37/h4-19,32H,3,20H2,1-2H3/b29-19-/t32-/m1/s1. The fourth-order valence-corrected chi connectivity index (χ4v) is 8.58. The van der Waals surface area contributed by atoms with Gasteiger partial charge in [0.2, 0.25) is 0 Å². The minimum Gasteiger partial charge on any atom is -0.497 e. The predicted octanol–water partition coefficient (Wildman–Crippen LogP) is 7.39. The predicted molar refractivity (Wildman–Crippen MR) is 202 cm³/mol. The van der Waals surface area contributed by atoms with Gasteiger partial charge >= 0.3 is 5.97 Å². The van der Waals surface area contributed by atoms with Crippen LogP contribution in [0.3, 0.4) is 0 Å². The molecule has 0 N–H and O–H groups in total. The summed E-state index contributed by atoms with van der Waals surface area (Å²) in [4.78, 5) is 33.3. The molecule has 1 atom stereocenters. The van der Waals surface area contributed by atoms with Crippen LogP contribution in [-0.2, 0) is 16.1 Å². The number of benzene rings is 4. The van der Waals surface area contributed by atoms with Crippen LogP contribution in [0.4, 0.5) is 0 Å². The Hall–Kier alpha value is -3.46. The number of hydrogen-bond donors (Lipinski definition) is 0. The average Bonchev–Trinajstić information content (AvgIpc) is 3.38. The van der Waals surface area contributed by atoms with E-state index in [2.05, 4.69) is 45.2 Å². The molecule has 0 fully saturated rings. The molecule has 1 aromatic heterocycles. The smallest absolute Gasteiger partial charge is 0.338 e. The second-order valence-electron chi connectivity index (χ2n) is 10.4. The molecule has 0 amide bonds. The largest absolute Gasteiger partial charge is 0.497 e. The van der Waals surface area contributed by atoms with E-state index in [9.17, 15) is 9.59 Å². The number of hydrogen-bond acceptors (Lipinski definition) is 7. The Kier molecular flexibility index (Phi) is 10.5. The molecule has 47 heavy (non-hydrogen) atoms. The third kappa shape index (κ3) is 7.06. The van der Waals surface area contributed by atoms with Crippen LogP contribution < -0.4 is 24.4 Å². The molecule has 0 radical (unpaired) electrons. The van der Waals surface area contributed by atoms with Gasteiger partial charge < -0.3 is 14.2 Å². The van der Waals surface area contributed by atoms with E-state index in [1.165, 1.54) is 11.3 Å². The Morgan fingerprint density at radius 3 is 2.34 bits per heavy atom. The van der Waals surface area contributed by atoms with Gasteiger partial charge in [-0.1, -0.05) is 83.6 Å². The molecule has 0 saturated heterocycles. The van der Waals surface area contributed by atoms with Crippen LogP contribution in [-0.4, -0.2) is 24.3 Å². The number of thiazole rings is 1. The molecule has 1 aliphatic rings. The number of aromatic nitrogens is 1. The van der Waals surface area contributed by atoms with Crippen LogP contribution in [0.2, 0.25) is 5.02 Å². The maximum atomic E-state index is 14.3. The minimum absolute atomic E-state index is 0.180. The van der Waals surface area contributed by atoms with Crippen molar-refractivity contribution < 1.29 is 19.0 Å². The highest BCUT2D eigenvalue weighted by Crippen LogP contribution is 2.36. The van der Waals surface area contributed by atoms with Gasteiger partial charge in [0.15, 0.2) is 4.80 Å². The highest BCUT2D eigenvalue weighted by molar-refractivity contribution is 14.1. The summed E-state index contributed by atoms with van der Waals surface area (Å²) in [5.41, 5.74) is 3.73. The molecule has 11 heteroatoms. The first-order valence-electron chi connectivity index (χ1n) is 14.6. The molecule has 5 aromatic rings. The van der Waals surface area contributed by atoms with Crippen molar-refractivity contribution in [2.45, 2.75) is 19.6 Å². The number of fused-ring (bicyclic) bond motifs is 1. The van der Waals surface area contributed by atoms with Crippen LogP contribution >= 0.6 is 68.1 Å². The quantitative estimate of drug-likeness (QED) is 0.114. The summed E-state index contributed by atoms with van der Waals surface area (Å²) < 4.78 is 21.0. The fraction of sp³-hybridized carbons (Fsp3) is 0.139. The van der Waals surface area contributed by atoms with Gasteiger partial charge in [0.1, 0.15) is 18.1 Å². The summed E-state index contributed by atoms with van der Waals surface area (Å²) >= 11 is 12.1. The first-order valence-corrected chi connectivity index (χ1v) is 17.9. The summed E-state index contributed by atoms with van der Waals surface area (Å²) in [7, 11) is 1.59. The van der Waals surface area contributed by atoms with Crippen molar-refractivity contribution in [2.24, 2.45) is 4.99 Å². The second kappa shape index (κ2) is 14.8. The van der Waals surface area contributed by atoms with Crippen LogP contribution in [0.15, 0.2) is 106 Å². The molecular formula is C36H27ClI2N2O5S. The summed E-state index contributed by atoms with van der Waals surface area (Å²) in [6, 6.07) is 27.6. The fourth-order valence-electron chi connectivity index (χ4n) is 5.26. The van der Waals surface area contributed by atoms with E-state index >= 15 is 0 Å². The lowest BCUT2D eigenvalue weighted by molar-refractivity contribution is -0.138. The molecule has 1 aliphatic heterocycles. The van der Waals surface area contributed by atoms with Gasteiger partial charge in [-0.05, 0) is 99.6 Å². The van der Waals surface area contributed by atoms with Gasteiger partial charge in [-0.25, -0.2) is 9.79 Å². The zero-order valence-corrected chi connectivity index (χ0v) is 31.1. The van der Waals surface area contributed by atoms with Crippen LogP contribution in [0.25, 0.3) is 11.8 Å². The third-order valence-electron chi connectivity index (χ3n) is 7.45. The number of carbonyl (C=O) groups excluding carboxylic acids is 1. The first-order chi connectivity index (χ1) is 22.8. The SMILES string of the molecule is CCOC(=O)C1=C(c2ccccc2)N=c2s/c(=C\c3cc(I)c(OCc4ccccc4Cl)c(I)c3)c(=O)n2[C@@H]1c1ccc(OC)cc1. The van der Waals surface area contributed by atoms with Gasteiger partial charge in [0, 0.05) is 16.1 Å². The molecule has 4 aromatic carbocycles. The van der Waals surface area contributed by atoms with Crippen molar-refractivity contribution in [3.63, 3.8) is 0 Å². The lowest BCUT2D eigenvalue weighted by Crippen LogP contribution is -2.40. The number of nitrogens with zero attached hydrogens (tertiary/aromatic N) is 2. The van der Waals surface area contributed by atoms with Gasteiger partial charge in [-0.3, -0.25) is 9.36 Å². The van der Waals surface area contributed by atoms with E-state index in [1.807, 2.05) is 97.1 Å². The lowest BCUT2D eigenvalue weighted by Gasteiger charge is -2.26. The van der Waals surface area contributed by atoms with Crippen molar-refractivity contribution >= 4 is 85.9 Å². The summed E-state index contributed by atoms with van der Waals surface area (Å²) in [5.74, 6) is 0.882. The zero-order valence-electron chi connectivity index (χ0n) is 25.2. The van der Waals surface area contributed by atoms with E-state index in [0.717, 1.165) is 35.1 Å². The van der Waals surface area contributed by atoms with Crippen LogP contribution in [0.1, 0.15) is 35.2 Å². The Morgan fingerprint density at radius 2 is 1.68 bits per heavy atom. The molecule has 6 rings (SSSR count). The number of rotatable bonds is 9. The average molecular weight is 889 g/mol. The Labute approximate surface area is 307 Å². The molecule has 0 spiro atoms. The topological polar surface area (TPSA) is 79.1 Å². The molecule has 238 valence electrons. The minimum atomic E-state index is -0.769. The number of carbonyl (C=O) groups is 1. The monoisotopic (exact) mass is 888 g/mol. The highest BCUT2D eigenvalue weighted by Gasteiger charge is 2.35. The summed E-state index contributed by atoms with van der Waals surface area (Å²) in [5, 5.41) is 0.652. The number of esters is 1. The van der Waals surface area contributed by atoms with E-state index in [-0.39, 0.29) is 12.2 Å². The third-order valence-corrected chi connectivity index (χ3v) is 10.4. The molecule has 7 nitrogen and oxygen atoms in total. The van der Waals surface area contributed by atoms with Gasteiger partial charge in [0.05, 0.1) is 42.7 Å². The second-order valence-corrected chi connectivity index (χ2v) is 14.1. The van der Waals surface area contributed by atoms with Crippen molar-refractivity contribution in [1.82, 2.24) is 4.57 Å². The van der Waals surface area contributed by atoms with Crippen molar-refractivity contribution in [3.05, 3.63) is 151 Å². The van der Waals surface area contributed by atoms with Crippen LogP contribution in [0.5, 0.6) is 11.5 Å². The Balaban J connectivity index is 1.48. The summed E-state index contributed by atoms with van der Waals surface area (Å²) in [6.07, 6.45) is 1.85. The van der Waals surface area contributed by atoms with Crippen molar-refractivity contribution in [3.8, 4) is 11.5 Å². The van der Waals surface area contributed by atoms with Gasteiger partial charge in [-0.2, -0.15) is 0 Å². The van der Waals surface area contributed by atoms with Crippen molar-refractivity contribution in [1.29, 1.82) is 0 Å². The Bertz CT molecular complexity index is 2160. The van der Waals surface area contributed by atoms with E-state index in [4.69, 9.17) is 30.8 Å². The lowest BCUT2D eigenvalue weighted by atomic mass is 9.93. The highest BCUT2D eigenvalue weighted by atomic mass is 127. The zero-order chi connectivity index (χ0) is 33.1. The molecule has 0 saturated carbocycles.